The van der Waals surface area contributed by atoms with Gasteiger partial charge in [0.15, 0.2) is 22.2 Å². The Kier molecular flexibility index (Phi) is 3.33. The summed E-state index contributed by atoms with van der Waals surface area (Å²) < 4.78 is 33.9. The summed E-state index contributed by atoms with van der Waals surface area (Å²) in [5, 5.41) is 0. The summed E-state index contributed by atoms with van der Waals surface area (Å²) in [4.78, 5) is 0. The molecular formula is CH5NO4S2. The average molecular weight is 159 g/mol. The number of nitrogens with two attached hydrogens (primary N) is 1. The van der Waals surface area contributed by atoms with Gasteiger partial charge in [-0.25, -0.2) is 8.42 Å². The first kappa shape index (κ1) is 8.18. The Labute approximate surface area is 50.8 Å². The minimum absolute atomic E-state index is 1.57. The molecule has 8 heavy (non-hydrogen) atoms. The highest BCUT2D eigenvalue weighted by atomic mass is 32.3. The summed E-state index contributed by atoms with van der Waals surface area (Å²) in [7, 11) is 0. The van der Waals surface area contributed by atoms with Crippen LogP contribution in [0.2, 0.25) is 0 Å². The maximum absolute atomic E-state index is 9.77. The van der Waals surface area contributed by atoms with Crippen LogP contribution in [0.1, 0.15) is 0 Å². The Morgan fingerprint density at radius 1 is 1.25 bits per heavy atom. The van der Waals surface area contributed by atoms with Gasteiger partial charge in [0.2, 0.25) is 4.71 Å². The van der Waals surface area contributed by atoms with Crippen LogP contribution in [0.4, 0.5) is 0 Å². The molecular weight excluding hydrogens is 154 g/mol. The number of hydrogen-bond donors (Lipinski definition) is 3. The van der Waals surface area contributed by atoms with E-state index in [4.69, 9.17) is 9.11 Å². The van der Waals surface area contributed by atoms with E-state index >= 15 is 0 Å². The molecule has 50 valence electrons. The lowest BCUT2D eigenvalue weighted by Crippen LogP contribution is -2.29. The van der Waals surface area contributed by atoms with Crippen molar-refractivity contribution < 1.29 is 17.5 Å². The normalized spacial score (nSPS) is 21.9. The van der Waals surface area contributed by atoms with Gasteiger partial charge >= 0.3 is 0 Å². The van der Waals surface area contributed by atoms with E-state index in [2.05, 4.69) is 5.73 Å². The van der Waals surface area contributed by atoms with E-state index in [1.54, 1.807) is 0 Å². The Balaban J connectivity index is 3.83. The molecule has 0 saturated heterocycles. The van der Waals surface area contributed by atoms with Gasteiger partial charge in [-0.2, -0.15) is 0 Å². The first-order valence-corrected chi connectivity index (χ1v) is 3.84. The first-order chi connectivity index (χ1) is 3.55. The van der Waals surface area contributed by atoms with E-state index in [0.29, 0.717) is 0 Å². The monoisotopic (exact) mass is 159 g/mol. The lowest BCUT2D eigenvalue weighted by Gasteiger charge is -1.97. The molecule has 0 amide bonds. The van der Waals surface area contributed by atoms with Crippen molar-refractivity contribution in [2.45, 2.75) is 4.71 Å². The van der Waals surface area contributed by atoms with E-state index in [9.17, 15) is 8.42 Å². The van der Waals surface area contributed by atoms with Gasteiger partial charge in [0, 0.05) is 0 Å². The topological polar surface area (TPSA) is 101 Å². The van der Waals surface area contributed by atoms with Gasteiger partial charge in [0.25, 0.3) is 0 Å². The van der Waals surface area contributed by atoms with Crippen molar-refractivity contribution in [2.75, 3.05) is 0 Å². The van der Waals surface area contributed by atoms with Crippen LogP contribution < -0.4 is 5.73 Å². The molecule has 0 aliphatic rings. The van der Waals surface area contributed by atoms with Gasteiger partial charge in [-0.3, -0.25) is 0 Å². The second kappa shape index (κ2) is 3.25. The van der Waals surface area contributed by atoms with Crippen molar-refractivity contribution in [1.29, 1.82) is 0 Å². The second-order valence-electron chi connectivity index (χ2n) is 0.921. The highest BCUT2D eigenvalue weighted by Gasteiger charge is 2.13. The molecule has 7 heteroatoms. The number of hydrogen-bond acceptors (Lipinski definition) is 3. The molecule has 0 aliphatic heterocycles. The van der Waals surface area contributed by atoms with Crippen LogP contribution in [0, 0.1) is 0 Å². The minimum atomic E-state index is -2.41. The molecule has 0 rings (SSSR count). The number of rotatable bonds is 2. The Bertz CT molecular complexity index is 109. The Hall–Kier alpha value is 0.180. The van der Waals surface area contributed by atoms with E-state index in [1.165, 1.54) is 0 Å². The zero-order valence-corrected chi connectivity index (χ0v) is 5.32. The van der Waals surface area contributed by atoms with Crippen LogP contribution in [0.25, 0.3) is 0 Å². The van der Waals surface area contributed by atoms with Crippen LogP contribution in [-0.2, 0) is 22.2 Å². The molecule has 4 N–H and O–H groups in total. The zero-order chi connectivity index (χ0) is 6.73. The van der Waals surface area contributed by atoms with Crippen molar-refractivity contribution in [2.24, 2.45) is 5.73 Å². The lowest BCUT2D eigenvalue weighted by atomic mass is 11.5. The smallest absolute Gasteiger partial charge is 0.209 e. The van der Waals surface area contributed by atoms with Crippen LogP contribution >= 0.6 is 0 Å². The van der Waals surface area contributed by atoms with Crippen LogP contribution in [-0.4, -0.2) is 22.2 Å². The fourth-order valence-electron chi connectivity index (χ4n) is 0.0704. The van der Waals surface area contributed by atoms with Gasteiger partial charge in [-0.1, -0.05) is 0 Å². The van der Waals surface area contributed by atoms with Crippen molar-refractivity contribution in [1.82, 2.24) is 0 Å². The lowest BCUT2D eigenvalue weighted by molar-refractivity contribution is 0.541. The van der Waals surface area contributed by atoms with Crippen LogP contribution in [0.15, 0.2) is 0 Å². The molecule has 0 aromatic heterocycles. The fraction of sp³-hybridized carbons (Fsp3) is 1.00. The molecule has 0 fully saturated rings. The molecule has 0 aromatic rings. The Morgan fingerprint density at radius 3 is 1.50 bits per heavy atom. The SMILES string of the molecule is NC(S(=O)O)S(=O)O. The third kappa shape index (κ3) is 2.48. The van der Waals surface area contributed by atoms with E-state index < -0.39 is 26.9 Å². The third-order valence-electron chi connectivity index (χ3n) is 0.397. The summed E-state index contributed by atoms with van der Waals surface area (Å²) in [6.07, 6.45) is 0. The van der Waals surface area contributed by atoms with E-state index in [0.717, 1.165) is 0 Å². The van der Waals surface area contributed by atoms with E-state index in [1.807, 2.05) is 0 Å². The molecule has 2 atom stereocenters. The van der Waals surface area contributed by atoms with Crippen LogP contribution in [0.5, 0.6) is 0 Å². The average Bonchev–Trinajstić information content (AvgIpc) is 1.64. The Morgan fingerprint density at radius 2 is 1.50 bits per heavy atom. The van der Waals surface area contributed by atoms with Gasteiger partial charge < -0.3 is 14.8 Å². The predicted octanol–water partition coefficient (Wildman–Crippen LogP) is -1.33. The molecule has 0 spiro atoms. The van der Waals surface area contributed by atoms with Gasteiger partial charge in [-0.15, -0.1) is 0 Å². The molecule has 0 heterocycles. The standard InChI is InChI=1S/CH5NO4S2/c2-1(7(3)4)8(5)6/h1H,2H2,(H,3,4)(H,5,6). The van der Waals surface area contributed by atoms with Crippen molar-refractivity contribution in [3.05, 3.63) is 0 Å². The summed E-state index contributed by atoms with van der Waals surface area (Å²) in [5.74, 6) is 0. The van der Waals surface area contributed by atoms with Gasteiger partial charge in [0.05, 0.1) is 0 Å². The molecule has 0 aromatic carbocycles. The second-order valence-corrected chi connectivity index (χ2v) is 3.34. The molecule has 5 nitrogen and oxygen atoms in total. The summed E-state index contributed by atoms with van der Waals surface area (Å²) in [6, 6.07) is 0. The quantitative estimate of drug-likeness (QED) is 0.433. The highest BCUT2D eigenvalue weighted by molar-refractivity contribution is 7.97. The van der Waals surface area contributed by atoms with Crippen molar-refractivity contribution in [3.8, 4) is 0 Å². The molecule has 0 radical (unpaired) electrons. The molecule has 2 unspecified atom stereocenters. The van der Waals surface area contributed by atoms with E-state index in [-0.39, 0.29) is 0 Å². The maximum atomic E-state index is 9.77. The first-order valence-electron chi connectivity index (χ1n) is 1.50. The third-order valence-corrected chi connectivity index (χ3v) is 2.18. The van der Waals surface area contributed by atoms with Gasteiger partial charge in [0.1, 0.15) is 0 Å². The zero-order valence-electron chi connectivity index (χ0n) is 3.68. The van der Waals surface area contributed by atoms with Crippen LogP contribution in [0.3, 0.4) is 0 Å². The fourth-order valence-corrected chi connectivity index (χ4v) is 0.634. The summed E-state index contributed by atoms with van der Waals surface area (Å²) in [6.45, 7) is 0. The van der Waals surface area contributed by atoms with Crippen molar-refractivity contribution >= 4 is 22.2 Å². The highest BCUT2D eigenvalue weighted by Crippen LogP contribution is 1.86. The predicted molar refractivity (Wildman–Crippen MR) is 29.5 cm³/mol. The minimum Gasteiger partial charge on any atom is -0.304 e. The molecule has 0 saturated carbocycles. The maximum Gasteiger partial charge on any atom is 0.209 e. The molecule has 0 bridgehead atoms. The largest absolute Gasteiger partial charge is 0.304 e. The van der Waals surface area contributed by atoms with Crippen molar-refractivity contribution in [3.63, 3.8) is 0 Å². The summed E-state index contributed by atoms with van der Waals surface area (Å²) in [5.41, 5.74) is 4.66. The molecule has 0 aliphatic carbocycles. The van der Waals surface area contributed by atoms with Gasteiger partial charge in [-0.05, 0) is 0 Å². The summed E-state index contributed by atoms with van der Waals surface area (Å²) >= 11 is -4.83.